The zero-order chi connectivity index (χ0) is 17.5. The summed E-state index contributed by atoms with van der Waals surface area (Å²) in [6.07, 6.45) is 13.3. The van der Waals surface area contributed by atoms with Gasteiger partial charge in [-0.2, -0.15) is 0 Å². The molecule has 0 bridgehead atoms. The van der Waals surface area contributed by atoms with Gasteiger partial charge in [0.05, 0.1) is 24.4 Å². The topological polar surface area (TPSA) is 43.2 Å². The summed E-state index contributed by atoms with van der Waals surface area (Å²) in [6, 6.07) is 10.5. The molecule has 3 atom stereocenters. The monoisotopic (exact) mass is 341 g/mol. The van der Waals surface area contributed by atoms with Crippen molar-refractivity contribution in [2.75, 3.05) is 0 Å². The van der Waals surface area contributed by atoms with Crippen LogP contribution in [0.15, 0.2) is 36.5 Å². The van der Waals surface area contributed by atoms with Crippen LogP contribution in [0.1, 0.15) is 71.3 Å². The Kier molecular flexibility index (Phi) is 6.62. The predicted octanol–water partition coefficient (Wildman–Crippen LogP) is 5.41. The Morgan fingerprint density at radius 2 is 1.80 bits per heavy atom. The molecule has 1 saturated heterocycles. The Bertz CT molecular complexity index is 625. The van der Waals surface area contributed by atoms with E-state index in [0.29, 0.717) is 18.2 Å². The minimum Gasteiger partial charge on any atom is -0.370 e. The van der Waals surface area contributed by atoms with Crippen molar-refractivity contribution in [2.24, 2.45) is 0 Å². The molecule has 0 N–H and O–H groups in total. The minimum atomic E-state index is 0.324. The molecule has 1 fully saturated rings. The van der Waals surface area contributed by atoms with Crippen LogP contribution in [0.4, 0.5) is 0 Å². The Labute approximate surface area is 151 Å². The van der Waals surface area contributed by atoms with Gasteiger partial charge in [-0.05, 0) is 19.8 Å². The molecular weight excluding hydrogens is 310 g/mol. The molecule has 1 aliphatic rings. The molecule has 1 aromatic carbocycles. The smallest absolute Gasteiger partial charge is 0.113 e. The molecular formula is C21H31N3O. The van der Waals surface area contributed by atoms with E-state index in [0.717, 1.165) is 17.7 Å². The van der Waals surface area contributed by atoms with E-state index in [1.54, 1.807) is 0 Å². The van der Waals surface area contributed by atoms with Crippen LogP contribution in [0.25, 0.3) is 11.3 Å². The first-order chi connectivity index (χ1) is 12.3. The van der Waals surface area contributed by atoms with Gasteiger partial charge in [-0.3, -0.25) is 0 Å². The van der Waals surface area contributed by atoms with Crippen molar-refractivity contribution < 1.29 is 4.74 Å². The van der Waals surface area contributed by atoms with Gasteiger partial charge >= 0.3 is 0 Å². The molecule has 0 spiro atoms. The number of aromatic nitrogens is 3. The van der Waals surface area contributed by atoms with Gasteiger partial charge in [0.1, 0.15) is 5.69 Å². The Balaban J connectivity index is 1.38. The minimum absolute atomic E-state index is 0.324. The molecule has 0 radical (unpaired) electrons. The van der Waals surface area contributed by atoms with E-state index >= 15 is 0 Å². The Morgan fingerprint density at radius 1 is 1.04 bits per heavy atom. The van der Waals surface area contributed by atoms with Crippen LogP contribution in [-0.4, -0.2) is 27.2 Å². The summed E-state index contributed by atoms with van der Waals surface area (Å²) in [6.45, 7) is 4.47. The highest BCUT2D eigenvalue weighted by atomic mass is 16.6. The van der Waals surface area contributed by atoms with Gasteiger partial charge in [-0.15, -0.1) is 5.10 Å². The molecule has 1 aromatic heterocycles. The SMILES string of the molecule is CCCCCCCC[C@@H]1O[C@@H]1C[C@H](C)n1cc(-c2ccccc2)nn1. The lowest BCUT2D eigenvalue weighted by Gasteiger charge is -2.09. The fraction of sp³-hybridized carbons (Fsp3) is 0.619. The lowest BCUT2D eigenvalue weighted by atomic mass is 10.0. The van der Waals surface area contributed by atoms with Gasteiger partial charge in [0, 0.05) is 5.56 Å². The van der Waals surface area contributed by atoms with Crippen molar-refractivity contribution in [1.29, 1.82) is 0 Å². The maximum atomic E-state index is 5.87. The van der Waals surface area contributed by atoms with Crippen LogP contribution in [0.3, 0.4) is 0 Å². The summed E-state index contributed by atoms with van der Waals surface area (Å²) in [5.41, 5.74) is 2.05. The van der Waals surface area contributed by atoms with Gasteiger partial charge in [0.15, 0.2) is 0 Å². The van der Waals surface area contributed by atoms with E-state index in [9.17, 15) is 0 Å². The van der Waals surface area contributed by atoms with Crippen LogP contribution in [0, 0.1) is 0 Å². The quantitative estimate of drug-likeness (QED) is 0.405. The number of nitrogens with zero attached hydrogens (tertiary/aromatic N) is 3. The van der Waals surface area contributed by atoms with Crippen molar-refractivity contribution in [1.82, 2.24) is 15.0 Å². The number of epoxide rings is 1. The first-order valence-corrected chi connectivity index (χ1v) is 9.90. The van der Waals surface area contributed by atoms with Crippen molar-refractivity contribution in [2.45, 2.75) is 83.5 Å². The molecule has 0 aliphatic carbocycles. The maximum absolute atomic E-state index is 5.87. The van der Waals surface area contributed by atoms with Crippen molar-refractivity contribution in [3.05, 3.63) is 36.5 Å². The fourth-order valence-corrected chi connectivity index (χ4v) is 3.44. The molecule has 2 aromatic rings. The van der Waals surface area contributed by atoms with E-state index in [1.165, 1.54) is 44.9 Å². The average molecular weight is 341 g/mol. The van der Waals surface area contributed by atoms with Gasteiger partial charge < -0.3 is 4.74 Å². The lowest BCUT2D eigenvalue weighted by Crippen LogP contribution is -2.10. The van der Waals surface area contributed by atoms with Crippen molar-refractivity contribution in [3.63, 3.8) is 0 Å². The summed E-state index contributed by atoms with van der Waals surface area (Å²) in [5.74, 6) is 0. The lowest BCUT2D eigenvalue weighted by molar-refractivity contribution is 0.325. The first-order valence-electron chi connectivity index (χ1n) is 9.90. The highest BCUT2D eigenvalue weighted by molar-refractivity contribution is 5.57. The number of hydrogen-bond acceptors (Lipinski definition) is 3. The average Bonchev–Trinajstić information content (AvgIpc) is 3.18. The molecule has 136 valence electrons. The zero-order valence-electron chi connectivity index (χ0n) is 15.6. The Morgan fingerprint density at radius 3 is 2.60 bits per heavy atom. The third-order valence-corrected chi connectivity index (χ3v) is 5.13. The number of benzene rings is 1. The number of unbranched alkanes of at least 4 members (excludes halogenated alkanes) is 5. The third-order valence-electron chi connectivity index (χ3n) is 5.13. The predicted molar refractivity (Wildman–Crippen MR) is 101 cm³/mol. The van der Waals surface area contributed by atoms with E-state index in [2.05, 4.69) is 36.3 Å². The van der Waals surface area contributed by atoms with Crippen molar-refractivity contribution in [3.8, 4) is 11.3 Å². The second-order valence-corrected chi connectivity index (χ2v) is 7.30. The molecule has 4 heteroatoms. The number of hydrogen-bond donors (Lipinski definition) is 0. The molecule has 0 saturated carbocycles. The standard InChI is InChI=1S/C21H31N3O/c1-3-4-5-6-7-11-14-20-21(25-20)15-17(2)24-16-19(22-23-24)18-12-9-8-10-13-18/h8-10,12-13,16-17,20-21H,3-7,11,14-15H2,1-2H3/t17-,20-,21+/m0/s1. The van der Waals surface area contributed by atoms with E-state index in [1.807, 2.05) is 29.1 Å². The zero-order valence-corrected chi connectivity index (χ0v) is 15.6. The van der Waals surface area contributed by atoms with Gasteiger partial charge in [-0.25, -0.2) is 4.68 Å². The van der Waals surface area contributed by atoms with Crippen LogP contribution < -0.4 is 0 Å². The van der Waals surface area contributed by atoms with E-state index < -0.39 is 0 Å². The first kappa shape index (κ1) is 18.1. The highest BCUT2D eigenvalue weighted by Gasteiger charge is 2.39. The van der Waals surface area contributed by atoms with Crippen LogP contribution >= 0.6 is 0 Å². The molecule has 3 rings (SSSR count). The molecule has 2 heterocycles. The van der Waals surface area contributed by atoms with Gasteiger partial charge in [0.2, 0.25) is 0 Å². The van der Waals surface area contributed by atoms with E-state index in [-0.39, 0.29) is 0 Å². The maximum Gasteiger partial charge on any atom is 0.113 e. The normalized spacial score (nSPS) is 20.6. The molecule has 0 unspecified atom stereocenters. The molecule has 1 aliphatic heterocycles. The number of ether oxygens (including phenoxy) is 1. The second kappa shape index (κ2) is 9.14. The van der Waals surface area contributed by atoms with Crippen LogP contribution in [0.5, 0.6) is 0 Å². The number of rotatable bonds is 11. The van der Waals surface area contributed by atoms with Crippen LogP contribution in [0.2, 0.25) is 0 Å². The molecule has 4 nitrogen and oxygen atoms in total. The largest absolute Gasteiger partial charge is 0.370 e. The summed E-state index contributed by atoms with van der Waals surface area (Å²) in [7, 11) is 0. The van der Waals surface area contributed by atoms with Gasteiger partial charge in [-0.1, -0.05) is 81.0 Å². The molecule has 0 amide bonds. The van der Waals surface area contributed by atoms with E-state index in [4.69, 9.17) is 4.74 Å². The highest BCUT2D eigenvalue weighted by Crippen LogP contribution is 2.34. The second-order valence-electron chi connectivity index (χ2n) is 7.30. The summed E-state index contributed by atoms with van der Waals surface area (Å²) in [4.78, 5) is 0. The van der Waals surface area contributed by atoms with Gasteiger partial charge in [0.25, 0.3) is 0 Å². The van der Waals surface area contributed by atoms with Crippen LogP contribution in [-0.2, 0) is 4.74 Å². The summed E-state index contributed by atoms with van der Waals surface area (Å²) >= 11 is 0. The third kappa shape index (κ3) is 5.40. The van der Waals surface area contributed by atoms with Crippen molar-refractivity contribution >= 4 is 0 Å². The Hall–Kier alpha value is -1.68. The molecule has 25 heavy (non-hydrogen) atoms. The summed E-state index contributed by atoms with van der Waals surface area (Å²) in [5, 5.41) is 8.62. The fourth-order valence-electron chi connectivity index (χ4n) is 3.44. The summed E-state index contributed by atoms with van der Waals surface area (Å²) < 4.78 is 7.84.